The molecule has 3 rings (SSSR count). The molecule has 78 valence electrons. The fourth-order valence-corrected chi connectivity index (χ4v) is 1.63. The van der Waals surface area contributed by atoms with Gasteiger partial charge in [-0.2, -0.15) is 0 Å². The minimum absolute atomic E-state index is 0.0360. The molecule has 0 atom stereocenters. The van der Waals surface area contributed by atoms with Crippen LogP contribution in [0.15, 0.2) is 53.5 Å². The molecule has 0 bridgehead atoms. The summed E-state index contributed by atoms with van der Waals surface area (Å²) in [6, 6.07) is 12.8. The second kappa shape index (κ2) is 3.34. The summed E-state index contributed by atoms with van der Waals surface area (Å²) in [7, 11) is 0. The number of pyridine rings is 1. The lowest BCUT2D eigenvalue weighted by molar-refractivity contribution is 0.963. The third kappa shape index (κ3) is 1.40. The number of nitrogens with zero attached hydrogens (tertiary/aromatic N) is 2. The maximum Gasteiger partial charge on any atom is 0.183 e. The molecule has 0 amide bonds. The van der Waals surface area contributed by atoms with Crippen molar-refractivity contribution in [3.63, 3.8) is 0 Å². The van der Waals surface area contributed by atoms with Crippen LogP contribution in [0.2, 0.25) is 0 Å². The van der Waals surface area contributed by atoms with E-state index in [1.807, 2.05) is 30.3 Å². The van der Waals surface area contributed by atoms with Gasteiger partial charge in [-0.3, -0.25) is 9.89 Å². The second-order valence-electron chi connectivity index (χ2n) is 3.53. The molecule has 16 heavy (non-hydrogen) atoms. The van der Waals surface area contributed by atoms with Gasteiger partial charge in [0.2, 0.25) is 0 Å². The van der Waals surface area contributed by atoms with Gasteiger partial charge in [-0.1, -0.05) is 30.3 Å². The van der Waals surface area contributed by atoms with Gasteiger partial charge in [0.15, 0.2) is 16.9 Å². The van der Waals surface area contributed by atoms with E-state index in [9.17, 15) is 4.79 Å². The molecule has 0 saturated heterocycles. The SMILES string of the molecule is O=c1ccn2[nH]c(-c3ccccc3)nc2c1. The summed E-state index contributed by atoms with van der Waals surface area (Å²) < 4.78 is 1.73. The first kappa shape index (κ1) is 8.91. The van der Waals surface area contributed by atoms with Gasteiger partial charge in [0.05, 0.1) is 0 Å². The summed E-state index contributed by atoms with van der Waals surface area (Å²) in [6.07, 6.45) is 1.68. The van der Waals surface area contributed by atoms with Crippen LogP contribution in [-0.4, -0.2) is 14.6 Å². The van der Waals surface area contributed by atoms with E-state index in [1.54, 1.807) is 10.7 Å². The molecule has 1 aromatic carbocycles. The zero-order valence-corrected chi connectivity index (χ0v) is 8.42. The number of aromatic amines is 1. The number of rotatable bonds is 1. The Morgan fingerprint density at radius 3 is 2.75 bits per heavy atom. The van der Waals surface area contributed by atoms with Crippen LogP contribution in [0.3, 0.4) is 0 Å². The van der Waals surface area contributed by atoms with Gasteiger partial charge in [0.25, 0.3) is 0 Å². The zero-order chi connectivity index (χ0) is 11.0. The lowest BCUT2D eigenvalue weighted by atomic mass is 10.2. The van der Waals surface area contributed by atoms with Gasteiger partial charge in [0, 0.05) is 23.9 Å². The minimum atomic E-state index is -0.0360. The maximum absolute atomic E-state index is 11.2. The summed E-state index contributed by atoms with van der Waals surface area (Å²) in [5, 5.41) is 3.11. The van der Waals surface area contributed by atoms with E-state index in [2.05, 4.69) is 10.1 Å². The Hall–Kier alpha value is -2.36. The molecular weight excluding hydrogens is 202 g/mol. The number of hydrogen-bond donors (Lipinski definition) is 1. The number of aromatic nitrogens is 3. The van der Waals surface area contributed by atoms with E-state index in [0.29, 0.717) is 5.65 Å². The highest BCUT2D eigenvalue weighted by Gasteiger charge is 2.03. The topological polar surface area (TPSA) is 50.2 Å². The van der Waals surface area contributed by atoms with Crippen LogP contribution >= 0.6 is 0 Å². The van der Waals surface area contributed by atoms with Crippen LogP contribution in [0, 0.1) is 0 Å². The quantitative estimate of drug-likeness (QED) is 0.665. The van der Waals surface area contributed by atoms with Crippen molar-refractivity contribution in [3.8, 4) is 11.4 Å². The van der Waals surface area contributed by atoms with Crippen molar-refractivity contribution in [1.29, 1.82) is 0 Å². The van der Waals surface area contributed by atoms with E-state index >= 15 is 0 Å². The molecule has 0 aliphatic carbocycles. The lowest BCUT2D eigenvalue weighted by Crippen LogP contribution is -1.98. The summed E-state index contributed by atoms with van der Waals surface area (Å²) in [5.41, 5.74) is 1.59. The lowest BCUT2D eigenvalue weighted by Gasteiger charge is -1.93. The zero-order valence-electron chi connectivity index (χ0n) is 8.42. The molecule has 4 heteroatoms. The monoisotopic (exact) mass is 211 g/mol. The Bertz CT molecular complexity index is 682. The normalized spacial score (nSPS) is 10.8. The van der Waals surface area contributed by atoms with Gasteiger partial charge in [-0.25, -0.2) is 9.50 Å². The minimum Gasteiger partial charge on any atom is -0.290 e. The largest absolute Gasteiger partial charge is 0.290 e. The molecule has 2 heterocycles. The molecule has 0 aliphatic rings. The Morgan fingerprint density at radius 2 is 1.94 bits per heavy atom. The standard InChI is InChI=1S/C12H9N3O/c16-10-6-7-15-11(8-10)13-12(14-15)9-4-2-1-3-5-9/h1-8H,(H,13,14). The molecule has 2 aromatic heterocycles. The molecular formula is C12H9N3O. The number of fused-ring (bicyclic) bond motifs is 1. The molecule has 0 radical (unpaired) electrons. The van der Waals surface area contributed by atoms with Crippen LogP contribution in [0.1, 0.15) is 0 Å². The Labute approximate surface area is 91.2 Å². The van der Waals surface area contributed by atoms with Crippen LogP contribution in [0.5, 0.6) is 0 Å². The number of nitrogens with one attached hydrogen (secondary N) is 1. The molecule has 1 N–H and O–H groups in total. The number of benzene rings is 1. The molecule has 0 unspecified atom stereocenters. The van der Waals surface area contributed by atoms with Crippen molar-refractivity contribution in [3.05, 3.63) is 58.9 Å². The number of H-pyrrole nitrogens is 1. The smallest absolute Gasteiger partial charge is 0.183 e. The third-order valence-electron chi connectivity index (χ3n) is 2.41. The third-order valence-corrected chi connectivity index (χ3v) is 2.41. The highest BCUT2D eigenvalue weighted by Crippen LogP contribution is 2.14. The molecule has 3 aromatic rings. The van der Waals surface area contributed by atoms with Crippen LogP contribution < -0.4 is 5.43 Å². The summed E-state index contributed by atoms with van der Waals surface area (Å²) in [4.78, 5) is 15.5. The van der Waals surface area contributed by atoms with Crippen LogP contribution in [0.25, 0.3) is 17.0 Å². The first-order valence-corrected chi connectivity index (χ1v) is 4.97. The van der Waals surface area contributed by atoms with Gasteiger partial charge in [-0.05, 0) is 0 Å². The predicted octanol–water partition coefficient (Wildman–Crippen LogP) is 1.69. The van der Waals surface area contributed by atoms with Crippen LogP contribution in [-0.2, 0) is 0 Å². The average molecular weight is 211 g/mol. The van der Waals surface area contributed by atoms with E-state index in [-0.39, 0.29) is 5.43 Å². The van der Waals surface area contributed by atoms with E-state index in [0.717, 1.165) is 11.4 Å². The van der Waals surface area contributed by atoms with Gasteiger partial charge >= 0.3 is 0 Å². The first-order chi connectivity index (χ1) is 7.83. The van der Waals surface area contributed by atoms with Crippen molar-refractivity contribution in [1.82, 2.24) is 14.6 Å². The molecule has 0 fully saturated rings. The average Bonchev–Trinajstić information content (AvgIpc) is 2.73. The van der Waals surface area contributed by atoms with Gasteiger partial charge in [0.1, 0.15) is 0 Å². The predicted molar refractivity (Wildman–Crippen MR) is 61.2 cm³/mol. The molecule has 0 saturated carbocycles. The van der Waals surface area contributed by atoms with Crippen molar-refractivity contribution in [2.75, 3.05) is 0 Å². The second-order valence-corrected chi connectivity index (χ2v) is 3.53. The fourth-order valence-electron chi connectivity index (χ4n) is 1.63. The van der Waals surface area contributed by atoms with Crippen molar-refractivity contribution < 1.29 is 0 Å². The van der Waals surface area contributed by atoms with E-state index in [1.165, 1.54) is 12.1 Å². The number of hydrogen-bond acceptors (Lipinski definition) is 2. The fraction of sp³-hybridized carbons (Fsp3) is 0. The highest BCUT2D eigenvalue weighted by molar-refractivity contribution is 5.57. The Morgan fingerprint density at radius 1 is 1.12 bits per heavy atom. The highest BCUT2D eigenvalue weighted by atomic mass is 16.1. The molecule has 4 nitrogen and oxygen atoms in total. The summed E-state index contributed by atoms with van der Waals surface area (Å²) in [5.74, 6) is 0.756. The van der Waals surface area contributed by atoms with E-state index < -0.39 is 0 Å². The summed E-state index contributed by atoms with van der Waals surface area (Å²) >= 11 is 0. The molecule has 0 spiro atoms. The van der Waals surface area contributed by atoms with Crippen molar-refractivity contribution in [2.24, 2.45) is 0 Å². The molecule has 0 aliphatic heterocycles. The van der Waals surface area contributed by atoms with Gasteiger partial charge < -0.3 is 0 Å². The Balaban J connectivity index is 2.23. The van der Waals surface area contributed by atoms with Crippen molar-refractivity contribution >= 4 is 5.65 Å². The van der Waals surface area contributed by atoms with E-state index in [4.69, 9.17) is 0 Å². The Kier molecular flexibility index (Phi) is 1.86. The van der Waals surface area contributed by atoms with Gasteiger partial charge in [-0.15, -0.1) is 0 Å². The maximum atomic E-state index is 11.2. The summed E-state index contributed by atoms with van der Waals surface area (Å²) in [6.45, 7) is 0. The van der Waals surface area contributed by atoms with Crippen LogP contribution in [0.4, 0.5) is 0 Å². The first-order valence-electron chi connectivity index (χ1n) is 4.97. The van der Waals surface area contributed by atoms with Crippen molar-refractivity contribution in [2.45, 2.75) is 0 Å².